The predicted molar refractivity (Wildman–Crippen MR) is 93.2 cm³/mol. The summed E-state index contributed by atoms with van der Waals surface area (Å²) >= 11 is 0. The summed E-state index contributed by atoms with van der Waals surface area (Å²) in [5.74, 6) is 0.202. The van der Waals surface area contributed by atoms with E-state index in [2.05, 4.69) is 16.4 Å². The van der Waals surface area contributed by atoms with Crippen molar-refractivity contribution in [1.29, 1.82) is 5.26 Å². The van der Waals surface area contributed by atoms with Gasteiger partial charge in [0.05, 0.1) is 23.3 Å². The van der Waals surface area contributed by atoms with Crippen LogP contribution in [0.25, 0.3) is 22.3 Å². The molecule has 0 saturated heterocycles. The minimum absolute atomic E-state index is 0.0790. The molecule has 25 heavy (non-hydrogen) atoms. The van der Waals surface area contributed by atoms with E-state index < -0.39 is 0 Å². The van der Waals surface area contributed by atoms with Gasteiger partial charge in [-0.3, -0.25) is 4.79 Å². The molecular formula is C19H14N4O2. The van der Waals surface area contributed by atoms with E-state index in [0.717, 1.165) is 11.0 Å². The molecule has 6 nitrogen and oxygen atoms in total. The van der Waals surface area contributed by atoms with Crippen molar-refractivity contribution in [2.75, 3.05) is 6.61 Å². The second-order valence-electron chi connectivity index (χ2n) is 5.66. The van der Waals surface area contributed by atoms with Gasteiger partial charge in [-0.2, -0.15) is 5.26 Å². The summed E-state index contributed by atoms with van der Waals surface area (Å²) < 4.78 is 1.80. The Balaban J connectivity index is 2.00. The van der Waals surface area contributed by atoms with Crippen molar-refractivity contribution in [2.24, 2.45) is 0 Å². The summed E-state index contributed by atoms with van der Waals surface area (Å²) in [7, 11) is 0. The van der Waals surface area contributed by atoms with Gasteiger partial charge in [0.15, 0.2) is 5.82 Å². The van der Waals surface area contributed by atoms with Crippen molar-refractivity contribution in [1.82, 2.24) is 14.9 Å². The molecule has 2 N–H and O–H groups in total. The van der Waals surface area contributed by atoms with E-state index in [1.807, 2.05) is 30.3 Å². The monoisotopic (exact) mass is 330 g/mol. The third-order valence-electron chi connectivity index (χ3n) is 4.24. The molecule has 2 heterocycles. The number of aliphatic hydroxyl groups is 1. The lowest BCUT2D eigenvalue weighted by Gasteiger charge is -2.09. The molecule has 0 saturated carbocycles. The zero-order valence-corrected chi connectivity index (χ0v) is 13.2. The van der Waals surface area contributed by atoms with Crippen LogP contribution < -0.4 is 5.32 Å². The largest absolute Gasteiger partial charge is 0.395 e. The maximum Gasteiger partial charge on any atom is 0.256 e. The molecule has 0 radical (unpaired) electrons. The van der Waals surface area contributed by atoms with Crippen molar-refractivity contribution in [2.45, 2.75) is 6.54 Å². The van der Waals surface area contributed by atoms with E-state index in [0.29, 0.717) is 29.2 Å². The molecule has 1 aliphatic heterocycles. The Morgan fingerprint density at radius 3 is 2.64 bits per heavy atom. The number of hydrogen-bond donors (Lipinski definition) is 2. The van der Waals surface area contributed by atoms with E-state index in [1.54, 1.807) is 22.8 Å². The maximum absolute atomic E-state index is 12.2. The van der Waals surface area contributed by atoms with Crippen LogP contribution in [0.2, 0.25) is 0 Å². The summed E-state index contributed by atoms with van der Waals surface area (Å²) in [6.45, 7) is 0.230. The highest BCUT2D eigenvalue weighted by Gasteiger charge is 2.28. The quantitative estimate of drug-likeness (QED) is 0.720. The molecular weight excluding hydrogens is 316 g/mol. The van der Waals surface area contributed by atoms with E-state index in [1.165, 1.54) is 0 Å². The lowest BCUT2D eigenvalue weighted by molar-refractivity contribution is 0.0981. The highest BCUT2D eigenvalue weighted by molar-refractivity contribution is 6.15. The van der Waals surface area contributed by atoms with E-state index in [4.69, 9.17) is 0 Å². The number of nitrogens with one attached hydrogen (secondary N) is 1. The molecule has 1 aliphatic rings. The first-order chi connectivity index (χ1) is 12.2. The van der Waals surface area contributed by atoms with Crippen LogP contribution in [0.4, 0.5) is 0 Å². The number of nitrogens with zero attached hydrogens (tertiary/aromatic N) is 3. The van der Waals surface area contributed by atoms with Gasteiger partial charge in [-0.25, -0.2) is 4.98 Å². The Morgan fingerprint density at radius 2 is 1.88 bits per heavy atom. The number of fused-ring (bicyclic) bond motifs is 2. The Hall–Kier alpha value is -3.43. The fourth-order valence-corrected chi connectivity index (χ4v) is 3.15. The van der Waals surface area contributed by atoms with Gasteiger partial charge in [-0.1, -0.05) is 30.3 Å². The number of nitriles is 1. The SMILES string of the molecule is N#C/C(=C1\NC(=O)c2ccccc21)c1nc2ccccc2n1CCO. The Bertz CT molecular complexity index is 1070. The fourth-order valence-electron chi connectivity index (χ4n) is 3.15. The molecule has 0 bridgehead atoms. The van der Waals surface area contributed by atoms with Crippen molar-refractivity contribution >= 4 is 28.2 Å². The number of carbonyl (C=O) groups is 1. The van der Waals surface area contributed by atoms with Crippen LogP contribution in [0.15, 0.2) is 48.5 Å². The summed E-state index contributed by atoms with van der Waals surface area (Å²) in [4.78, 5) is 16.8. The van der Waals surface area contributed by atoms with Crippen LogP contribution in [0.5, 0.6) is 0 Å². The van der Waals surface area contributed by atoms with E-state index in [-0.39, 0.29) is 18.1 Å². The molecule has 3 aromatic rings. The number of aliphatic hydroxyl groups excluding tert-OH is 1. The van der Waals surface area contributed by atoms with Gasteiger partial charge in [0.25, 0.3) is 5.91 Å². The molecule has 0 fully saturated rings. The van der Waals surface area contributed by atoms with Crippen molar-refractivity contribution in [3.63, 3.8) is 0 Å². The number of hydrogen-bond acceptors (Lipinski definition) is 4. The number of benzene rings is 2. The number of allylic oxidation sites excluding steroid dienone is 1. The smallest absolute Gasteiger partial charge is 0.256 e. The molecule has 2 aromatic carbocycles. The summed E-state index contributed by atoms with van der Waals surface area (Å²) in [6, 6.07) is 16.8. The number of amides is 1. The Morgan fingerprint density at radius 1 is 1.16 bits per heavy atom. The second-order valence-corrected chi connectivity index (χ2v) is 5.66. The highest BCUT2D eigenvalue weighted by Crippen LogP contribution is 2.32. The molecule has 0 aliphatic carbocycles. The van der Waals surface area contributed by atoms with Crippen LogP contribution in [-0.4, -0.2) is 27.2 Å². The molecule has 0 atom stereocenters. The molecule has 122 valence electrons. The number of rotatable bonds is 3. The van der Waals surface area contributed by atoms with Crippen LogP contribution in [0.1, 0.15) is 21.7 Å². The van der Waals surface area contributed by atoms with Crippen LogP contribution in [-0.2, 0) is 6.54 Å². The normalized spacial score (nSPS) is 15.0. The Kier molecular flexibility index (Phi) is 3.56. The zero-order valence-electron chi connectivity index (χ0n) is 13.2. The number of aromatic nitrogens is 2. The molecule has 4 rings (SSSR count). The van der Waals surface area contributed by atoms with Gasteiger partial charge in [0, 0.05) is 17.7 Å². The molecule has 0 unspecified atom stereocenters. The zero-order chi connectivity index (χ0) is 17.4. The van der Waals surface area contributed by atoms with Gasteiger partial charge < -0.3 is 15.0 Å². The van der Waals surface area contributed by atoms with Gasteiger partial charge in [-0.05, 0) is 18.2 Å². The lowest BCUT2D eigenvalue weighted by atomic mass is 10.0. The summed E-state index contributed by atoms with van der Waals surface area (Å²) in [5.41, 5.74) is 3.52. The third kappa shape index (κ3) is 2.30. The minimum Gasteiger partial charge on any atom is -0.395 e. The standard InChI is InChI=1S/C19H14N4O2/c20-11-14(17-12-5-1-2-6-13(12)19(25)22-17)18-21-15-7-3-4-8-16(15)23(18)9-10-24/h1-8,24H,9-10H2,(H,22,25)/b17-14+. The molecule has 6 heteroatoms. The van der Waals surface area contributed by atoms with Gasteiger partial charge in [0.1, 0.15) is 11.6 Å². The molecule has 1 amide bonds. The minimum atomic E-state index is -0.233. The number of imidazole rings is 1. The van der Waals surface area contributed by atoms with Crippen molar-refractivity contribution < 1.29 is 9.90 Å². The van der Waals surface area contributed by atoms with Crippen LogP contribution >= 0.6 is 0 Å². The second kappa shape index (κ2) is 5.89. The molecule has 0 spiro atoms. The van der Waals surface area contributed by atoms with Gasteiger partial charge in [0.2, 0.25) is 0 Å². The van der Waals surface area contributed by atoms with Gasteiger partial charge >= 0.3 is 0 Å². The fraction of sp³-hybridized carbons (Fsp3) is 0.105. The first kappa shape index (κ1) is 15.1. The van der Waals surface area contributed by atoms with Crippen LogP contribution in [0.3, 0.4) is 0 Å². The maximum atomic E-state index is 12.2. The lowest BCUT2D eigenvalue weighted by Crippen LogP contribution is -2.14. The van der Waals surface area contributed by atoms with Crippen molar-refractivity contribution in [3.05, 3.63) is 65.5 Å². The molecule has 1 aromatic heterocycles. The summed E-state index contributed by atoms with van der Waals surface area (Å²) in [6.07, 6.45) is 0. The average Bonchev–Trinajstić information content (AvgIpc) is 3.16. The van der Waals surface area contributed by atoms with E-state index >= 15 is 0 Å². The third-order valence-corrected chi connectivity index (χ3v) is 4.24. The van der Waals surface area contributed by atoms with Crippen molar-refractivity contribution in [3.8, 4) is 6.07 Å². The van der Waals surface area contributed by atoms with E-state index in [9.17, 15) is 15.2 Å². The van der Waals surface area contributed by atoms with Crippen LogP contribution in [0, 0.1) is 11.3 Å². The predicted octanol–water partition coefficient (Wildman–Crippen LogP) is 2.16. The van der Waals surface area contributed by atoms with Gasteiger partial charge in [-0.15, -0.1) is 0 Å². The number of carbonyl (C=O) groups excluding carboxylic acids is 1. The first-order valence-corrected chi connectivity index (χ1v) is 7.86. The highest BCUT2D eigenvalue weighted by atomic mass is 16.3. The first-order valence-electron chi connectivity index (χ1n) is 7.86. The Labute approximate surface area is 143 Å². The average molecular weight is 330 g/mol. The topological polar surface area (TPSA) is 90.9 Å². The summed E-state index contributed by atoms with van der Waals surface area (Å²) in [5, 5.41) is 22.0. The number of para-hydroxylation sites is 2.